The van der Waals surface area contributed by atoms with Gasteiger partial charge in [0.1, 0.15) is 5.82 Å². The van der Waals surface area contributed by atoms with Crippen molar-refractivity contribution in [1.82, 2.24) is 15.2 Å². The van der Waals surface area contributed by atoms with Crippen LogP contribution in [-0.2, 0) is 4.74 Å². The Morgan fingerprint density at radius 1 is 1.43 bits per heavy atom. The van der Waals surface area contributed by atoms with Gasteiger partial charge < -0.3 is 19.9 Å². The molecule has 1 saturated heterocycles. The molecular formula is C16H24N4O3. The SMILES string of the molecule is CCOC(=O)N[C@@H]1CCCN(C(=O)c2ccc(N(C)C)nc2)C1. The van der Waals surface area contributed by atoms with Crippen LogP contribution in [0.5, 0.6) is 0 Å². The number of likely N-dealkylation sites (tertiary alicyclic amines) is 1. The predicted molar refractivity (Wildman–Crippen MR) is 87.6 cm³/mol. The first-order valence-electron chi connectivity index (χ1n) is 7.87. The summed E-state index contributed by atoms with van der Waals surface area (Å²) in [6, 6.07) is 3.54. The van der Waals surface area contributed by atoms with Crippen LogP contribution >= 0.6 is 0 Å². The number of carbonyl (C=O) groups is 2. The summed E-state index contributed by atoms with van der Waals surface area (Å²) >= 11 is 0. The lowest BCUT2D eigenvalue weighted by Crippen LogP contribution is -2.49. The Labute approximate surface area is 136 Å². The molecule has 0 aromatic carbocycles. The summed E-state index contributed by atoms with van der Waals surface area (Å²) in [4.78, 5) is 32.0. The van der Waals surface area contributed by atoms with Gasteiger partial charge in [-0.1, -0.05) is 0 Å². The van der Waals surface area contributed by atoms with Crippen LogP contribution in [0.15, 0.2) is 18.3 Å². The number of alkyl carbamates (subject to hydrolysis) is 1. The first kappa shape index (κ1) is 17.1. The van der Waals surface area contributed by atoms with Gasteiger partial charge in [0.05, 0.1) is 12.2 Å². The Morgan fingerprint density at radius 3 is 2.83 bits per heavy atom. The summed E-state index contributed by atoms with van der Waals surface area (Å²) in [5.41, 5.74) is 0.562. The zero-order chi connectivity index (χ0) is 16.8. The third kappa shape index (κ3) is 4.58. The largest absolute Gasteiger partial charge is 0.450 e. The van der Waals surface area contributed by atoms with Crippen molar-refractivity contribution in [1.29, 1.82) is 0 Å². The van der Waals surface area contributed by atoms with Crippen LogP contribution in [0.2, 0.25) is 0 Å². The molecule has 0 saturated carbocycles. The molecule has 0 spiro atoms. The van der Waals surface area contributed by atoms with Crippen LogP contribution < -0.4 is 10.2 Å². The van der Waals surface area contributed by atoms with Gasteiger partial charge in [-0.25, -0.2) is 9.78 Å². The van der Waals surface area contributed by atoms with Crippen LogP contribution in [0.25, 0.3) is 0 Å². The Bertz CT molecular complexity index is 545. The first-order chi connectivity index (χ1) is 11.0. The second-order valence-corrected chi connectivity index (χ2v) is 5.75. The zero-order valence-corrected chi connectivity index (χ0v) is 13.9. The molecule has 2 rings (SSSR count). The molecule has 1 aromatic rings. The summed E-state index contributed by atoms with van der Waals surface area (Å²) in [6.45, 7) is 3.29. The number of piperidine rings is 1. The van der Waals surface area contributed by atoms with Crippen molar-refractivity contribution in [2.24, 2.45) is 0 Å². The average molecular weight is 320 g/mol. The molecule has 1 aromatic heterocycles. The highest BCUT2D eigenvalue weighted by Gasteiger charge is 2.26. The maximum absolute atomic E-state index is 12.6. The van der Waals surface area contributed by atoms with Crippen LogP contribution in [0.3, 0.4) is 0 Å². The predicted octanol–water partition coefficient (Wildman–Crippen LogP) is 1.50. The highest BCUT2D eigenvalue weighted by atomic mass is 16.5. The minimum Gasteiger partial charge on any atom is -0.450 e. The van der Waals surface area contributed by atoms with E-state index in [9.17, 15) is 9.59 Å². The van der Waals surface area contributed by atoms with E-state index in [-0.39, 0.29) is 11.9 Å². The lowest BCUT2D eigenvalue weighted by molar-refractivity contribution is 0.0685. The van der Waals surface area contributed by atoms with Gasteiger partial charge in [-0.3, -0.25) is 4.79 Å². The fourth-order valence-electron chi connectivity index (χ4n) is 2.58. The summed E-state index contributed by atoms with van der Waals surface area (Å²) in [6.07, 6.45) is 2.87. The van der Waals surface area contributed by atoms with E-state index in [1.54, 1.807) is 24.1 Å². The summed E-state index contributed by atoms with van der Waals surface area (Å²) in [7, 11) is 3.81. The number of hydrogen-bond acceptors (Lipinski definition) is 5. The number of nitrogens with zero attached hydrogens (tertiary/aromatic N) is 3. The van der Waals surface area contributed by atoms with E-state index in [4.69, 9.17) is 4.74 Å². The van der Waals surface area contributed by atoms with E-state index in [2.05, 4.69) is 10.3 Å². The van der Waals surface area contributed by atoms with E-state index < -0.39 is 6.09 Å². The van der Waals surface area contributed by atoms with E-state index >= 15 is 0 Å². The summed E-state index contributed by atoms with van der Waals surface area (Å²) < 4.78 is 4.89. The van der Waals surface area contributed by atoms with Gasteiger partial charge in [-0.05, 0) is 31.9 Å². The van der Waals surface area contributed by atoms with Gasteiger partial charge in [0.25, 0.3) is 5.91 Å². The van der Waals surface area contributed by atoms with Crippen molar-refractivity contribution < 1.29 is 14.3 Å². The number of pyridine rings is 1. The lowest BCUT2D eigenvalue weighted by Gasteiger charge is -2.33. The van der Waals surface area contributed by atoms with E-state index in [0.29, 0.717) is 25.3 Å². The average Bonchev–Trinajstić information content (AvgIpc) is 2.54. The third-order valence-electron chi connectivity index (χ3n) is 3.76. The summed E-state index contributed by atoms with van der Waals surface area (Å²) in [5, 5.41) is 2.80. The molecular weight excluding hydrogens is 296 g/mol. The van der Waals surface area contributed by atoms with Crippen molar-refractivity contribution in [2.45, 2.75) is 25.8 Å². The van der Waals surface area contributed by atoms with Crippen LogP contribution in [0.1, 0.15) is 30.1 Å². The fraction of sp³-hybridized carbons (Fsp3) is 0.562. The molecule has 1 N–H and O–H groups in total. The number of rotatable bonds is 4. The van der Waals surface area contributed by atoms with Gasteiger partial charge in [0, 0.05) is 39.4 Å². The lowest BCUT2D eigenvalue weighted by atomic mass is 10.0. The minimum absolute atomic E-state index is 0.0573. The maximum atomic E-state index is 12.6. The molecule has 1 aliphatic heterocycles. The molecule has 2 amide bonds. The van der Waals surface area contributed by atoms with Crippen molar-refractivity contribution >= 4 is 17.8 Å². The van der Waals surface area contributed by atoms with E-state index in [1.807, 2.05) is 25.1 Å². The van der Waals surface area contributed by atoms with Gasteiger partial charge in [0.2, 0.25) is 0 Å². The standard InChI is InChI=1S/C16H24N4O3/c1-4-23-16(22)18-13-6-5-9-20(11-13)15(21)12-7-8-14(17-10-12)19(2)3/h7-8,10,13H,4-6,9,11H2,1-3H3,(H,18,22)/t13-/m1/s1. The number of carbonyl (C=O) groups excluding carboxylic acids is 2. The number of anilines is 1. The molecule has 7 heteroatoms. The molecule has 23 heavy (non-hydrogen) atoms. The molecule has 126 valence electrons. The first-order valence-corrected chi connectivity index (χ1v) is 7.87. The second-order valence-electron chi connectivity index (χ2n) is 5.75. The van der Waals surface area contributed by atoms with Gasteiger partial charge in [0.15, 0.2) is 0 Å². The highest BCUT2D eigenvalue weighted by Crippen LogP contribution is 2.15. The van der Waals surface area contributed by atoms with E-state index in [0.717, 1.165) is 18.7 Å². The molecule has 7 nitrogen and oxygen atoms in total. The van der Waals surface area contributed by atoms with Crippen LogP contribution in [0.4, 0.5) is 10.6 Å². The molecule has 0 bridgehead atoms. The minimum atomic E-state index is -0.427. The summed E-state index contributed by atoms with van der Waals surface area (Å²) in [5.74, 6) is 0.750. The van der Waals surface area contributed by atoms with Crippen molar-refractivity contribution in [3.05, 3.63) is 23.9 Å². The second kappa shape index (κ2) is 7.80. The Kier molecular flexibility index (Phi) is 5.78. The van der Waals surface area contributed by atoms with Crippen LogP contribution in [0, 0.1) is 0 Å². The Balaban J connectivity index is 1.97. The quantitative estimate of drug-likeness (QED) is 0.910. The topological polar surface area (TPSA) is 74.8 Å². The smallest absolute Gasteiger partial charge is 0.407 e. The highest BCUT2D eigenvalue weighted by molar-refractivity contribution is 5.94. The molecule has 1 fully saturated rings. The van der Waals surface area contributed by atoms with Crippen molar-refractivity contribution in [3.63, 3.8) is 0 Å². The molecule has 0 radical (unpaired) electrons. The number of amides is 2. The molecule has 1 aliphatic rings. The molecule has 1 atom stereocenters. The van der Waals surface area contributed by atoms with Gasteiger partial charge in [-0.2, -0.15) is 0 Å². The number of aromatic nitrogens is 1. The Hall–Kier alpha value is -2.31. The van der Waals surface area contributed by atoms with E-state index in [1.165, 1.54) is 0 Å². The fourth-order valence-corrected chi connectivity index (χ4v) is 2.58. The number of nitrogens with one attached hydrogen (secondary N) is 1. The zero-order valence-electron chi connectivity index (χ0n) is 13.9. The Morgan fingerprint density at radius 2 is 2.22 bits per heavy atom. The maximum Gasteiger partial charge on any atom is 0.407 e. The van der Waals surface area contributed by atoms with Gasteiger partial charge >= 0.3 is 6.09 Å². The normalized spacial score (nSPS) is 17.5. The third-order valence-corrected chi connectivity index (χ3v) is 3.76. The number of hydrogen-bond donors (Lipinski definition) is 1. The van der Waals surface area contributed by atoms with Gasteiger partial charge in [-0.15, -0.1) is 0 Å². The monoisotopic (exact) mass is 320 g/mol. The molecule has 0 unspecified atom stereocenters. The van der Waals surface area contributed by atoms with Crippen molar-refractivity contribution in [2.75, 3.05) is 38.7 Å². The molecule has 2 heterocycles. The van der Waals surface area contributed by atoms with Crippen molar-refractivity contribution in [3.8, 4) is 0 Å². The number of ether oxygens (including phenoxy) is 1. The molecule has 0 aliphatic carbocycles. The van der Waals surface area contributed by atoms with Crippen LogP contribution in [-0.4, -0.2) is 61.7 Å².